The Morgan fingerprint density at radius 3 is 2.59 bits per heavy atom. The van der Waals surface area contributed by atoms with Crippen molar-refractivity contribution in [1.82, 2.24) is 10.2 Å². The molecule has 3 amide bonds. The zero-order valence-electron chi connectivity index (χ0n) is 10.7. The molecule has 17 heavy (non-hydrogen) atoms. The minimum Gasteiger partial charge on any atom is -0.330 e. The molecule has 1 aliphatic heterocycles. The van der Waals surface area contributed by atoms with Crippen LogP contribution in [0.3, 0.4) is 0 Å². The van der Waals surface area contributed by atoms with E-state index in [-0.39, 0.29) is 11.9 Å². The fourth-order valence-corrected chi connectivity index (χ4v) is 2.55. The van der Waals surface area contributed by atoms with E-state index in [4.69, 9.17) is 5.73 Å². The lowest BCUT2D eigenvalue weighted by Crippen LogP contribution is -2.40. The first-order valence-corrected chi connectivity index (χ1v) is 6.96. The predicted octanol–water partition coefficient (Wildman–Crippen LogP) is 0.645. The molecule has 1 saturated heterocycles. The first-order valence-electron chi connectivity index (χ1n) is 5.80. The predicted molar refractivity (Wildman–Crippen MR) is 69.9 cm³/mol. The number of urea groups is 1. The second-order valence-corrected chi connectivity index (χ2v) is 6.08. The minimum absolute atomic E-state index is 0.144. The van der Waals surface area contributed by atoms with Crippen LogP contribution in [0.2, 0.25) is 0 Å². The summed E-state index contributed by atoms with van der Waals surface area (Å²) in [5.41, 5.74) is 4.76. The average Bonchev–Trinajstić information content (AvgIpc) is 2.45. The number of rotatable bonds is 6. The fourth-order valence-electron chi connectivity index (χ4n) is 1.53. The maximum atomic E-state index is 11.8. The summed E-state index contributed by atoms with van der Waals surface area (Å²) in [4.78, 5) is 24.7. The number of hydrogen-bond acceptors (Lipinski definition) is 4. The van der Waals surface area contributed by atoms with Gasteiger partial charge < -0.3 is 11.1 Å². The monoisotopic (exact) mass is 259 g/mol. The van der Waals surface area contributed by atoms with Gasteiger partial charge >= 0.3 is 6.03 Å². The van der Waals surface area contributed by atoms with Gasteiger partial charge in [0.15, 0.2) is 0 Å². The second kappa shape index (κ2) is 5.73. The van der Waals surface area contributed by atoms with Gasteiger partial charge in [-0.1, -0.05) is 6.92 Å². The number of thioether (sulfide) groups is 1. The van der Waals surface area contributed by atoms with Gasteiger partial charge in [-0.25, -0.2) is 4.79 Å². The number of imide groups is 1. The quantitative estimate of drug-likeness (QED) is 0.542. The van der Waals surface area contributed by atoms with E-state index in [2.05, 4.69) is 12.2 Å². The molecule has 0 aromatic rings. The molecule has 98 valence electrons. The van der Waals surface area contributed by atoms with Gasteiger partial charge in [0.2, 0.25) is 0 Å². The van der Waals surface area contributed by atoms with Crippen LogP contribution in [0.25, 0.3) is 0 Å². The highest BCUT2D eigenvalue weighted by Crippen LogP contribution is 2.17. The molecule has 3 N–H and O–H groups in total. The highest BCUT2D eigenvalue weighted by atomic mass is 32.2. The first-order chi connectivity index (χ1) is 7.88. The van der Waals surface area contributed by atoms with Crippen LogP contribution >= 0.6 is 11.8 Å². The molecule has 0 aromatic heterocycles. The number of amides is 3. The van der Waals surface area contributed by atoms with Gasteiger partial charge in [0, 0.05) is 12.3 Å². The zero-order valence-corrected chi connectivity index (χ0v) is 11.5. The summed E-state index contributed by atoms with van der Waals surface area (Å²) >= 11 is 1.72. The van der Waals surface area contributed by atoms with E-state index in [9.17, 15) is 9.59 Å². The van der Waals surface area contributed by atoms with Crippen molar-refractivity contribution < 1.29 is 9.59 Å². The lowest BCUT2D eigenvalue weighted by atomic mass is 10.1. The van der Waals surface area contributed by atoms with Gasteiger partial charge in [0.25, 0.3) is 5.91 Å². The topological polar surface area (TPSA) is 75.4 Å². The number of nitrogens with zero attached hydrogens (tertiary/aromatic N) is 1. The van der Waals surface area contributed by atoms with Crippen LogP contribution in [0.1, 0.15) is 20.8 Å². The molecule has 1 atom stereocenters. The van der Waals surface area contributed by atoms with E-state index in [0.717, 1.165) is 11.5 Å². The van der Waals surface area contributed by atoms with Crippen molar-refractivity contribution in [3.63, 3.8) is 0 Å². The van der Waals surface area contributed by atoms with E-state index in [1.54, 1.807) is 25.6 Å². The number of carbonyl (C=O) groups excluding carboxylic acids is 2. The third-order valence-corrected chi connectivity index (χ3v) is 3.98. The van der Waals surface area contributed by atoms with E-state index in [1.165, 1.54) is 4.90 Å². The van der Waals surface area contributed by atoms with Crippen molar-refractivity contribution in [3.05, 3.63) is 0 Å². The smallest absolute Gasteiger partial charge is 0.325 e. The van der Waals surface area contributed by atoms with Crippen molar-refractivity contribution in [2.75, 3.05) is 24.6 Å². The van der Waals surface area contributed by atoms with E-state index in [1.807, 2.05) is 0 Å². The van der Waals surface area contributed by atoms with Crippen LogP contribution in [0.15, 0.2) is 0 Å². The van der Waals surface area contributed by atoms with Crippen molar-refractivity contribution in [3.8, 4) is 0 Å². The lowest BCUT2D eigenvalue weighted by molar-refractivity contribution is -0.130. The molecule has 0 aliphatic carbocycles. The van der Waals surface area contributed by atoms with Gasteiger partial charge in [-0.15, -0.1) is 0 Å². The minimum atomic E-state index is -0.758. The van der Waals surface area contributed by atoms with Crippen LogP contribution in [-0.4, -0.2) is 47.0 Å². The SMILES string of the molecule is CC(CN)CSCCN1C(=O)NC(C)(C)C1=O. The Kier molecular flexibility index (Phi) is 4.82. The van der Waals surface area contributed by atoms with Crippen LogP contribution in [-0.2, 0) is 4.79 Å². The molecule has 1 unspecified atom stereocenters. The standard InChI is InChI=1S/C11H21N3O2S/c1-8(6-12)7-17-5-4-14-9(15)11(2,3)13-10(14)16/h8H,4-7,12H2,1-3H3,(H,13,16). The average molecular weight is 259 g/mol. The van der Waals surface area contributed by atoms with Crippen LogP contribution < -0.4 is 11.1 Å². The maximum Gasteiger partial charge on any atom is 0.325 e. The summed E-state index contributed by atoms with van der Waals surface area (Å²) < 4.78 is 0. The summed E-state index contributed by atoms with van der Waals surface area (Å²) in [6, 6.07) is -0.285. The van der Waals surface area contributed by atoms with E-state index >= 15 is 0 Å². The molecule has 5 nitrogen and oxygen atoms in total. The molecule has 1 fully saturated rings. The third kappa shape index (κ3) is 3.61. The summed E-state index contributed by atoms with van der Waals surface area (Å²) in [7, 11) is 0. The molecular weight excluding hydrogens is 238 g/mol. The maximum absolute atomic E-state index is 11.8. The number of hydrogen-bond donors (Lipinski definition) is 2. The van der Waals surface area contributed by atoms with E-state index in [0.29, 0.717) is 19.0 Å². The van der Waals surface area contributed by atoms with Crippen LogP contribution in [0.4, 0.5) is 4.79 Å². The Morgan fingerprint density at radius 1 is 1.47 bits per heavy atom. The first kappa shape index (κ1) is 14.3. The zero-order chi connectivity index (χ0) is 13.1. The molecule has 1 heterocycles. The van der Waals surface area contributed by atoms with Crippen molar-refractivity contribution in [1.29, 1.82) is 0 Å². The summed E-state index contributed by atoms with van der Waals surface area (Å²) in [5, 5.41) is 2.66. The van der Waals surface area contributed by atoms with Crippen LogP contribution in [0.5, 0.6) is 0 Å². The Morgan fingerprint density at radius 2 is 2.12 bits per heavy atom. The lowest BCUT2D eigenvalue weighted by Gasteiger charge is -2.16. The summed E-state index contributed by atoms with van der Waals surface area (Å²) in [6.07, 6.45) is 0. The molecule has 1 rings (SSSR count). The molecular formula is C11H21N3O2S. The molecule has 0 bridgehead atoms. The number of carbonyl (C=O) groups is 2. The highest BCUT2D eigenvalue weighted by Gasteiger charge is 2.43. The van der Waals surface area contributed by atoms with Gasteiger partial charge in [0.05, 0.1) is 0 Å². The number of nitrogens with two attached hydrogens (primary N) is 1. The summed E-state index contributed by atoms with van der Waals surface area (Å²) in [5.74, 6) is 2.05. The summed E-state index contributed by atoms with van der Waals surface area (Å²) in [6.45, 7) is 6.66. The fraction of sp³-hybridized carbons (Fsp3) is 0.818. The molecule has 0 spiro atoms. The normalized spacial score (nSPS) is 20.6. The molecule has 6 heteroatoms. The largest absolute Gasteiger partial charge is 0.330 e. The highest BCUT2D eigenvalue weighted by molar-refractivity contribution is 7.99. The van der Waals surface area contributed by atoms with Crippen molar-refractivity contribution in [2.24, 2.45) is 11.7 Å². The van der Waals surface area contributed by atoms with Gasteiger partial charge in [-0.05, 0) is 32.1 Å². The molecule has 0 aromatic carbocycles. The second-order valence-electron chi connectivity index (χ2n) is 4.93. The molecule has 0 radical (unpaired) electrons. The Bertz CT molecular complexity index is 307. The Hall–Kier alpha value is -0.750. The Labute approximate surface area is 106 Å². The molecule has 1 aliphatic rings. The third-order valence-electron chi connectivity index (χ3n) is 2.71. The van der Waals surface area contributed by atoms with E-state index < -0.39 is 5.54 Å². The number of nitrogens with one attached hydrogen (secondary N) is 1. The Balaban J connectivity index is 2.33. The van der Waals surface area contributed by atoms with Gasteiger partial charge in [-0.2, -0.15) is 11.8 Å². The van der Waals surface area contributed by atoms with Gasteiger partial charge in [-0.3, -0.25) is 9.69 Å². The van der Waals surface area contributed by atoms with Crippen molar-refractivity contribution >= 4 is 23.7 Å². The van der Waals surface area contributed by atoms with Crippen LogP contribution in [0, 0.1) is 5.92 Å². The molecule has 0 saturated carbocycles. The van der Waals surface area contributed by atoms with Crippen molar-refractivity contribution in [2.45, 2.75) is 26.3 Å². The van der Waals surface area contributed by atoms with Gasteiger partial charge in [0.1, 0.15) is 5.54 Å².